The quantitative estimate of drug-likeness (QED) is 0.796. The van der Waals surface area contributed by atoms with E-state index in [-0.39, 0.29) is 0 Å². The van der Waals surface area contributed by atoms with Crippen LogP contribution in [0.4, 0.5) is 27.6 Å². The van der Waals surface area contributed by atoms with Crippen molar-refractivity contribution in [1.29, 1.82) is 0 Å². The fourth-order valence-corrected chi connectivity index (χ4v) is 1.10. The van der Waals surface area contributed by atoms with Gasteiger partial charge >= 0.3 is 12.1 Å². The number of hydrogen-bond donors (Lipinski definition) is 2. The Labute approximate surface area is 90.9 Å². The zero-order valence-corrected chi connectivity index (χ0v) is 7.92. The molecule has 0 bridgehead atoms. The molecule has 1 aromatic heterocycles. The predicted molar refractivity (Wildman–Crippen MR) is 45.6 cm³/mol. The number of aromatic nitrogens is 1. The minimum atomic E-state index is -5.15. The number of rotatable bonds is 2. The van der Waals surface area contributed by atoms with E-state index in [9.17, 15) is 26.7 Å². The maximum absolute atomic E-state index is 12.4. The Balaban J connectivity index is 3.54. The van der Waals surface area contributed by atoms with Crippen LogP contribution in [0.3, 0.4) is 0 Å². The van der Waals surface area contributed by atoms with Gasteiger partial charge in [-0.25, -0.2) is 18.6 Å². The molecule has 0 radical (unpaired) electrons. The summed E-state index contributed by atoms with van der Waals surface area (Å²) in [6.07, 6.45) is -8.47. The molecule has 0 atom stereocenters. The van der Waals surface area contributed by atoms with Gasteiger partial charge in [-0.15, -0.1) is 0 Å². The zero-order chi connectivity index (χ0) is 13.4. The van der Waals surface area contributed by atoms with E-state index >= 15 is 0 Å². The van der Waals surface area contributed by atoms with Gasteiger partial charge in [-0.3, -0.25) is 0 Å². The molecule has 94 valence electrons. The first-order valence-corrected chi connectivity index (χ1v) is 4.03. The van der Waals surface area contributed by atoms with Gasteiger partial charge in [0.1, 0.15) is 5.69 Å². The Morgan fingerprint density at radius 2 is 1.94 bits per heavy atom. The normalized spacial score (nSPS) is 11.9. The highest BCUT2D eigenvalue weighted by Crippen LogP contribution is 2.34. The van der Waals surface area contributed by atoms with E-state index in [1.165, 1.54) is 0 Å². The lowest BCUT2D eigenvalue weighted by Crippen LogP contribution is -2.18. The Kier molecular flexibility index (Phi) is 3.21. The summed E-state index contributed by atoms with van der Waals surface area (Å²) < 4.78 is 61.7. The van der Waals surface area contributed by atoms with Gasteiger partial charge in [-0.2, -0.15) is 13.2 Å². The summed E-state index contributed by atoms with van der Waals surface area (Å²) in [6.45, 7) is 0. The van der Waals surface area contributed by atoms with E-state index < -0.39 is 41.2 Å². The van der Waals surface area contributed by atoms with Crippen molar-refractivity contribution in [2.45, 2.75) is 12.6 Å². The summed E-state index contributed by atoms with van der Waals surface area (Å²) in [5.41, 5.74) is -0.249. The maximum Gasteiger partial charge on any atom is 0.434 e. The van der Waals surface area contributed by atoms with Crippen molar-refractivity contribution in [2.75, 3.05) is 5.73 Å². The van der Waals surface area contributed by atoms with Crippen molar-refractivity contribution < 1.29 is 31.9 Å². The van der Waals surface area contributed by atoms with Crippen LogP contribution in [0.15, 0.2) is 6.07 Å². The minimum Gasteiger partial charge on any atom is -0.478 e. The van der Waals surface area contributed by atoms with E-state index in [2.05, 4.69) is 4.98 Å². The minimum absolute atomic E-state index is 0.319. The standard InChI is InChI=1S/C8H5F5N2O2/c9-6(10)4-3(14)1-2(7(16)17)5(15-4)8(11,12)13/h1,6H,14H2,(H,16,17). The predicted octanol–water partition coefficient (Wildman–Crippen LogP) is 2.32. The summed E-state index contributed by atoms with van der Waals surface area (Å²) >= 11 is 0. The monoisotopic (exact) mass is 256 g/mol. The van der Waals surface area contributed by atoms with Crippen molar-refractivity contribution in [3.63, 3.8) is 0 Å². The first-order valence-electron chi connectivity index (χ1n) is 4.03. The summed E-state index contributed by atoms with van der Waals surface area (Å²) in [6, 6.07) is 0.319. The smallest absolute Gasteiger partial charge is 0.434 e. The zero-order valence-electron chi connectivity index (χ0n) is 7.92. The second kappa shape index (κ2) is 4.15. The maximum atomic E-state index is 12.4. The molecule has 0 aliphatic rings. The van der Waals surface area contributed by atoms with Gasteiger partial charge < -0.3 is 10.8 Å². The van der Waals surface area contributed by atoms with Crippen molar-refractivity contribution in [3.8, 4) is 0 Å². The van der Waals surface area contributed by atoms with E-state index in [0.717, 1.165) is 0 Å². The fourth-order valence-electron chi connectivity index (χ4n) is 1.10. The summed E-state index contributed by atoms with van der Waals surface area (Å²) in [5, 5.41) is 8.50. The van der Waals surface area contributed by atoms with E-state index in [4.69, 9.17) is 10.8 Å². The fraction of sp³-hybridized carbons (Fsp3) is 0.250. The number of nitrogens with zero attached hydrogens (tertiary/aromatic N) is 1. The highest BCUT2D eigenvalue weighted by molar-refractivity contribution is 5.90. The topological polar surface area (TPSA) is 76.2 Å². The molecule has 0 fully saturated rings. The molecular weight excluding hydrogens is 251 g/mol. The average Bonchev–Trinajstić information content (AvgIpc) is 2.14. The SMILES string of the molecule is Nc1cc(C(=O)O)c(C(F)(F)F)nc1C(F)F. The number of aromatic carboxylic acids is 1. The molecule has 0 saturated heterocycles. The number of halogens is 5. The Morgan fingerprint density at radius 1 is 1.41 bits per heavy atom. The van der Waals surface area contributed by atoms with Crippen LogP contribution in [0.2, 0.25) is 0 Å². The molecule has 0 aromatic carbocycles. The lowest BCUT2D eigenvalue weighted by molar-refractivity contribution is -0.141. The van der Waals surface area contributed by atoms with E-state index in [1.54, 1.807) is 0 Å². The van der Waals surface area contributed by atoms with Crippen LogP contribution < -0.4 is 5.73 Å². The molecule has 0 amide bonds. The summed E-state index contributed by atoms with van der Waals surface area (Å²) in [5.74, 6) is -1.95. The van der Waals surface area contributed by atoms with Gasteiger partial charge in [0.25, 0.3) is 6.43 Å². The molecule has 0 aliphatic heterocycles. The largest absolute Gasteiger partial charge is 0.478 e. The second-order valence-electron chi connectivity index (χ2n) is 2.96. The molecule has 0 saturated carbocycles. The molecule has 4 nitrogen and oxygen atoms in total. The van der Waals surface area contributed by atoms with Crippen molar-refractivity contribution >= 4 is 11.7 Å². The van der Waals surface area contributed by atoms with Gasteiger partial charge in [0.05, 0.1) is 11.3 Å². The number of hydrogen-bond acceptors (Lipinski definition) is 3. The highest BCUT2D eigenvalue weighted by Gasteiger charge is 2.39. The second-order valence-corrected chi connectivity index (χ2v) is 2.96. The van der Waals surface area contributed by atoms with Gasteiger partial charge in [0.15, 0.2) is 5.69 Å². The van der Waals surface area contributed by atoms with E-state index in [1.807, 2.05) is 0 Å². The molecule has 0 unspecified atom stereocenters. The van der Waals surface area contributed by atoms with Gasteiger partial charge in [0.2, 0.25) is 0 Å². The molecule has 0 spiro atoms. The number of carboxylic acid groups (broad SMARTS) is 1. The molecule has 9 heteroatoms. The van der Waals surface area contributed by atoms with Crippen LogP contribution in [0, 0.1) is 0 Å². The number of carbonyl (C=O) groups is 1. The first kappa shape index (κ1) is 13.1. The number of anilines is 1. The van der Waals surface area contributed by atoms with Crippen LogP contribution in [0.1, 0.15) is 28.2 Å². The van der Waals surface area contributed by atoms with Crippen molar-refractivity contribution in [2.24, 2.45) is 0 Å². The molecule has 1 heterocycles. The van der Waals surface area contributed by atoms with Crippen LogP contribution in [-0.4, -0.2) is 16.1 Å². The van der Waals surface area contributed by atoms with Gasteiger partial charge in [0, 0.05) is 0 Å². The Bertz CT molecular complexity index is 458. The summed E-state index contributed by atoms with van der Waals surface area (Å²) in [7, 11) is 0. The molecule has 3 N–H and O–H groups in total. The van der Waals surface area contributed by atoms with Gasteiger partial charge in [-0.1, -0.05) is 0 Å². The van der Waals surface area contributed by atoms with Crippen LogP contribution in [0.5, 0.6) is 0 Å². The van der Waals surface area contributed by atoms with Crippen molar-refractivity contribution in [1.82, 2.24) is 4.98 Å². The summed E-state index contributed by atoms with van der Waals surface area (Å²) in [4.78, 5) is 13.1. The van der Waals surface area contributed by atoms with Crippen LogP contribution in [0.25, 0.3) is 0 Å². The molecule has 0 aliphatic carbocycles. The van der Waals surface area contributed by atoms with Gasteiger partial charge in [-0.05, 0) is 6.07 Å². The Morgan fingerprint density at radius 3 is 2.29 bits per heavy atom. The number of nitrogen functional groups attached to an aromatic ring is 1. The van der Waals surface area contributed by atoms with Crippen LogP contribution >= 0.6 is 0 Å². The highest BCUT2D eigenvalue weighted by atomic mass is 19.4. The number of carboxylic acids is 1. The lowest BCUT2D eigenvalue weighted by atomic mass is 10.1. The third-order valence-corrected chi connectivity index (χ3v) is 1.79. The third-order valence-electron chi connectivity index (χ3n) is 1.79. The third kappa shape index (κ3) is 2.60. The van der Waals surface area contributed by atoms with Crippen LogP contribution in [-0.2, 0) is 6.18 Å². The first-order chi connectivity index (χ1) is 7.64. The lowest BCUT2D eigenvalue weighted by Gasteiger charge is -2.12. The molecule has 17 heavy (non-hydrogen) atoms. The number of pyridine rings is 1. The number of alkyl halides is 5. The van der Waals surface area contributed by atoms with E-state index in [0.29, 0.717) is 6.07 Å². The molecule has 1 rings (SSSR count). The average molecular weight is 256 g/mol. The number of nitrogens with two attached hydrogens (primary N) is 1. The molecule has 1 aromatic rings. The molecular formula is C8H5F5N2O2. The van der Waals surface area contributed by atoms with Crippen molar-refractivity contribution in [3.05, 3.63) is 23.0 Å². The Hall–Kier alpha value is -1.93.